The molecule has 0 aliphatic heterocycles. The lowest BCUT2D eigenvalue weighted by Crippen LogP contribution is -2.39. The topological polar surface area (TPSA) is 79.7 Å². The van der Waals surface area contributed by atoms with Gasteiger partial charge in [0.1, 0.15) is 24.0 Å². The third kappa shape index (κ3) is 5.88. The number of benzene rings is 2. The van der Waals surface area contributed by atoms with Gasteiger partial charge in [-0.05, 0) is 55.9 Å². The molecular formula is C27H29FN2O4S. The summed E-state index contributed by atoms with van der Waals surface area (Å²) in [4.78, 5) is 32.1. The summed E-state index contributed by atoms with van der Waals surface area (Å²) in [6.45, 7) is 2.02. The number of rotatable bonds is 12. The fourth-order valence-corrected chi connectivity index (χ4v) is 5.27. The maximum Gasteiger partial charge on any atom is 0.355 e. The first-order chi connectivity index (χ1) is 16.9. The summed E-state index contributed by atoms with van der Waals surface area (Å²) < 4.78 is 17.7. The maximum atomic E-state index is 13.9. The minimum atomic E-state index is -1.05. The second-order valence-electron chi connectivity index (χ2n) is 8.78. The second-order valence-corrected chi connectivity index (χ2v) is 10.1. The van der Waals surface area contributed by atoms with E-state index in [4.69, 9.17) is 4.74 Å². The molecule has 6 nitrogen and oxygen atoms in total. The van der Waals surface area contributed by atoms with Crippen LogP contribution in [0, 0.1) is 6.92 Å². The van der Waals surface area contributed by atoms with Gasteiger partial charge in [0.05, 0.1) is 12.0 Å². The number of carboxylic acid groups (broad SMARTS) is 1. The van der Waals surface area contributed by atoms with E-state index in [0.717, 1.165) is 31.2 Å². The first-order valence-corrected chi connectivity index (χ1v) is 12.6. The van der Waals surface area contributed by atoms with Crippen LogP contribution in [0.3, 0.4) is 0 Å². The van der Waals surface area contributed by atoms with E-state index in [1.165, 1.54) is 16.9 Å². The van der Waals surface area contributed by atoms with E-state index < -0.39 is 18.1 Å². The Morgan fingerprint density at radius 2 is 1.86 bits per heavy atom. The number of aryl methyl sites for hydroxylation is 2. The molecule has 1 fully saturated rings. The number of aromatic carboxylic acids is 1. The molecule has 1 amide bonds. The van der Waals surface area contributed by atoms with Crippen LogP contribution in [0.4, 0.5) is 4.39 Å². The molecular weight excluding hydrogens is 467 g/mol. The van der Waals surface area contributed by atoms with Gasteiger partial charge in [-0.15, -0.1) is 11.3 Å². The van der Waals surface area contributed by atoms with Crippen LogP contribution in [0.2, 0.25) is 0 Å². The van der Waals surface area contributed by atoms with Gasteiger partial charge in [0.2, 0.25) is 5.91 Å². The van der Waals surface area contributed by atoms with Gasteiger partial charge in [-0.3, -0.25) is 4.79 Å². The Hall–Kier alpha value is -3.26. The van der Waals surface area contributed by atoms with Crippen LogP contribution in [0.1, 0.15) is 50.8 Å². The molecule has 1 heterocycles. The van der Waals surface area contributed by atoms with Crippen LogP contribution >= 0.6 is 11.3 Å². The monoisotopic (exact) mass is 496 g/mol. The van der Waals surface area contributed by atoms with Crippen molar-refractivity contribution in [2.75, 3.05) is 19.8 Å². The highest BCUT2D eigenvalue weighted by Gasteiger charge is 2.53. The average Bonchev–Trinajstić information content (AvgIpc) is 3.59. The zero-order valence-electron chi connectivity index (χ0n) is 19.7. The number of carboxylic acids is 1. The predicted molar refractivity (Wildman–Crippen MR) is 133 cm³/mol. The Morgan fingerprint density at radius 3 is 2.46 bits per heavy atom. The molecule has 1 aliphatic carbocycles. The molecule has 184 valence electrons. The number of thiazole rings is 1. The Kier molecular flexibility index (Phi) is 7.80. The minimum absolute atomic E-state index is 0.00414. The number of carbonyl (C=O) groups is 2. The summed E-state index contributed by atoms with van der Waals surface area (Å²) >= 11 is 1.32. The Balaban J connectivity index is 1.52. The average molecular weight is 497 g/mol. The standard InChI is InChI=1S/C27H29FN2O4S/c1-19-24(25(31)32)29-23(35-19)18-30(16-5-8-20-6-3-2-4-7-20)26(33)27(13-14-27)21-9-11-22(12-10-21)34-17-15-28/h2-4,6-7,9-12H,5,8,13-18H2,1H3,(H,31,32). The number of ether oxygens (including phenoxy) is 1. The highest BCUT2D eigenvalue weighted by atomic mass is 32.1. The van der Waals surface area contributed by atoms with Crippen LogP contribution in [0.25, 0.3) is 0 Å². The molecule has 0 spiro atoms. The van der Waals surface area contributed by atoms with Crippen LogP contribution in [0.15, 0.2) is 54.6 Å². The van der Waals surface area contributed by atoms with E-state index in [0.29, 0.717) is 22.2 Å². The van der Waals surface area contributed by atoms with Gasteiger partial charge < -0.3 is 14.7 Å². The molecule has 0 radical (unpaired) electrons. The van der Waals surface area contributed by atoms with Crippen LogP contribution in [-0.4, -0.2) is 46.7 Å². The third-order valence-electron chi connectivity index (χ3n) is 6.31. The number of nitrogens with zero attached hydrogens (tertiary/aromatic N) is 2. The van der Waals surface area contributed by atoms with Crippen LogP contribution < -0.4 is 4.74 Å². The number of carbonyl (C=O) groups excluding carboxylic acids is 1. The molecule has 4 rings (SSSR count). The zero-order chi connectivity index (χ0) is 24.8. The molecule has 0 saturated heterocycles. The van der Waals surface area contributed by atoms with Crippen molar-refractivity contribution in [1.82, 2.24) is 9.88 Å². The molecule has 0 atom stereocenters. The summed E-state index contributed by atoms with van der Waals surface area (Å²) in [7, 11) is 0. The van der Waals surface area contributed by atoms with Crippen molar-refractivity contribution in [3.8, 4) is 5.75 Å². The van der Waals surface area contributed by atoms with E-state index in [9.17, 15) is 19.1 Å². The van der Waals surface area contributed by atoms with Gasteiger partial charge in [0.15, 0.2) is 5.69 Å². The van der Waals surface area contributed by atoms with Gasteiger partial charge in [-0.25, -0.2) is 14.2 Å². The molecule has 2 aromatic carbocycles. The quantitative estimate of drug-likeness (QED) is 0.373. The summed E-state index contributed by atoms with van der Waals surface area (Å²) in [6, 6.07) is 17.5. The third-order valence-corrected chi connectivity index (χ3v) is 7.26. The number of hydrogen-bond acceptors (Lipinski definition) is 5. The SMILES string of the molecule is Cc1sc(CN(CCCc2ccccc2)C(=O)C2(c3ccc(OCCF)cc3)CC2)nc1C(=O)O. The zero-order valence-corrected chi connectivity index (χ0v) is 20.5. The van der Waals surface area contributed by atoms with E-state index in [2.05, 4.69) is 17.1 Å². The Morgan fingerprint density at radius 1 is 1.14 bits per heavy atom. The molecule has 1 saturated carbocycles. The van der Waals surface area contributed by atoms with E-state index >= 15 is 0 Å². The molecule has 1 aromatic heterocycles. The van der Waals surface area contributed by atoms with Gasteiger partial charge in [-0.1, -0.05) is 42.5 Å². The van der Waals surface area contributed by atoms with Crippen LogP contribution in [-0.2, 0) is 23.2 Å². The van der Waals surface area contributed by atoms with Crippen molar-refractivity contribution >= 4 is 23.2 Å². The summed E-state index contributed by atoms with van der Waals surface area (Å²) in [5.74, 6) is -0.442. The predicted octanol–water partition coefficient (Wildman–Crippen LogP) is 5.19. The number of aromatic nitrogens is 1. The molecule has 35 heavy (non-hydrogen) atoms. The van der Waals surface area contributed by atoms with Gasteiger partial charge in [-0.2, -0.15) is 0 Å². The molecule has 1 aliphatic rings. The van der Waals surface area contributed by atoms with E-state index in [1.807, 2.05) is 35.2 Å². The first kappa shape index (κ1) is 24.9. The Labute approximate surface area is 208 Å². The summed E-state index contributed by atoms with van der Waals surface area (Å²) in [6.07, 6.45) is 3.14. The van der Waals surface area contributed by atoms with Crippen molar-refractivity contribution in [3.05, 3.63) is 81.3 Å². The van der Waals surface area contributed by atoms with Gasteiger partial charge in [0.25, 0.3) is 0 Å². The lowest BCUT2D eigenvalue weighted by atomic mass is 9.94. The van der Waals surface area contributed by atoms with Gasteiger partial charge >= 0.3 is 5.97 Å². The lowest BCUT2D eigenvalue weighted by molar-refractivity contribution is -0.134. The first-order valence-electron chi connectivity index (χ1n) is 11.7. The fraction of sp³-hybridized carbons (Fsp3) is 0.370. The van der Waals surface area contributed by atoms with Crippen molar-refractivity contribution in [3.63, 3.8) is 0 Å². The number of amides is 1. The molecule has 1 N–H and O–H groups in total. The smallest absolute Gasteiger partial charge is 0.355 e. The summed E-state index contributed by atoms with van der Waals surface area (Å²) in [5.41, 5.74) is 1.59. The van der Waals surface area contributed by atoms with E-state index in [1.54, 1.807) is 19.1 Å². The second kappa shape index (κ2) is 11.0. The van der Waals surface area contributed by atoms with Crippen molar-refractivity contribution in [2.45, 2.75) is 44.6 Å². The molecule has 0 bridgehead atoms. The van der Waals surface area contributed by atoms with Crippen molar-refractivity contribution < 1.29 is 23.8 Å². The largest absolute Gasteiger partial charge is 0.491 e. The molecule has 0 unspecified atom stereocenters. The minimum Gasteiger partial charge on any atom is -0.491 e. The lowest BCUT2D eigenvalue weighted by Gasteiger charge is -2.27. The van der Waals surface area contributed by atoms with Crippen molar-refractivity contribution in [2.24, 2.45) is 0 Å². The highest BCUT2D eigenvalue weighted by Crippen LogP contribution is 2.50. The van der Waals surface area contributed by atoms with Gasteiger partial charge in [0, 0.05) is 11.4 Å². The van der Waals surface area contributed by atoms with E-state index in [-0.39, 0.29) is 24.8 Å². The number of alkyl halides is 1. The molecule has 8 heteroatoms. The van der Waals surface area contributed by atoms with Crippen molar-refractivity contribution in [1.29, 1.82) is 0 Å². The fourth-order valence-electron chi connectivity index (χ4n) is 4.33. The normalized spacial score (nSPS) is 13.9. The number of hydrogen-bond donors (Lipinski definition) is 1. The number of halogens is 1. The summed E-state index contributed by atoms with van der Waals surface area (Å²) in [5, 5.41) is 10.0. The van der Waals surface area contributed by atoms with Crippen LogP contribution in [0.5, 0.6) is 5.75 Å². The maximum absolute atomic E-state index is 13.9. The highest BCUT2D eigenvalue weighted by molar-refractivity contribution is 7.11. The molecule has 3 aromatic rings. The Bertz CT molecular complexity index is 1160.